The Morgan fingerprint density at radius 2 is 1.83 bits per heavy atom. The van der Waals surface area contributed by atoms with E-state index in [0.717, 1.165) is 12.7 Å². The fourth-order valence-electron chi connectivity index (χ4n) is 1.38. The number of carboxylic acid groups (broad SMARTS) is 1. The van der Waals surface area contributed by atoms with E-state index in [0.29, 0.717) is 0 Å². The molecule has 0 aromatic heterocycles. The van der Waals surface area contributed by atoms with E-state index < -0.39 is 23.6 Å². The van der Waals surface area contributed by atoms with Crippen LogP contribution in [0.25, 0.3) is 6.08 Å². The highest BCUT2D eigenvalue weighted by molar-refractivity contribution is 6.19. The molecule has 0 N–H and O–H groups in total. The lowest BCUT2D eigenvalue weighted by Gasteiger charge is -2.14. The van der Waals surface area contributed by atoms with E-state index in [4.69, 9.17) is 0 Å². The van der Waals surface area contributed by atoms with Gasteiger partial charge in [0, 0.05) is 5.56 Å². The second-order valence-corrected chi connectivity index (χ2v) is 3.47. The van der Waals surface area contributed by atoms with Crippen LogP contribution in [0.2, 0.25) is 0 Å². The molecule has 0 saturated carbocycles. The molecule has 0 saturated heterocycles. The molecule has 0 spiro atoms. The first-order chi connectivity index (χ1) is 8.51. The van der Waals surface area contributed by atoms with Crippen molar-refractivity contribution in [1.29, 1.82) is 0 Å². The number of Topliss-reactive ketones (excluding diaryl/α,β-unsaturated/α-hetero) is 1. The second kappa shape index (κ2) is 5.77. The van der Waals surface area contributed by atoms with Crippen LogP contribution in [-0.2, 0) is 14.3 Å². The molecule has 1 unspecified atom stereocenters. The quantitative estimate of drug-likeness (QED) is 0.417. The van der Waals surface area contributed by atoms with E-state index in [9.17, 15) is 19.5 Å². The highest BCUT2D eigenvalue weighted by Crippen LogP contribution is 2.12. The van der Waals surface area contributed by atoms with Crippen LogP contribution in [0.5, 0.6) is 0 Å². The summed E-state index contributed by atoms with van der Waals surface area (Å²) in [6.07, 6.45) is 1.57. The summed E-state index contributed by atoms with van der Waals surface area (Å²) in [6.45, 7) is 3.55. The molecule has 1 atom stereocenters. The summed E-state index contributed by atoms with van der Waals surface area (Å²) in [4.78, 5) is 33.8. The minimum atomic E-state index is -1.94. The third-order valence-electron chi connectivity index (χ3n) is 2.37. The molecule has 0 heterocycles. The largest absolute Gasteiger partial charge is 0.549 e. The SMILES string of the molecule is C=Cc1ccc(C(=O)C(C(=O)[O-])C(=O)OC)cc1. The van der Waals surface area contributed by atoms with Crippen LogP contribution in [0.4, 0.5) is 0 Å². The van der Waals surface area contributed by atoms with Crippen LogP contribution >= 0.6 is 0 Å². The minimum Gasteiger partial charge on any atom is -0.549 e. The van der Waals surface area contributed by atoms with Gasteiger partial charge in [0.1, 0.15) is 0 Å². The van der Waals surface area contributed by atoms with Crippen molar-refractivity contribution >= 4 is 23.8 Å². The Morgan fingerprint density at radius 3 is 2.22 bits per heavy atom. The average molecular weight is 247 g/mol. The molecule has 1 aromatic carbocycles. The average Bonchev–Trinajstić information content (AvgIpc) is 2.38. The van der Waals surface area contributed by atoms with Crippen molar-refractivity contribution in [2.24, 2.45) is 5.92 Å². The summed E-state index contributed by atoms with van der Waals surface area (Å²) >= 11 is 0. The third-order valence-corrected chi connectivity index (χ3v) is 2.37. The highest BCUT2D eigenvalue weighted by Gasteiger charge is 2.29. The van der Waals surface area contributed by atoms with Crippen LogP contribution in [-0.4, -0.2) is 24.8 Å². The van der Waals surface area contributed by atoms with Gasteiger partial charge >= 0.3 is 5.97 Å². The van der Waals surface area contributed by atoms with Gasteiger partial charge in [-0.25, -0.2) is 0 Å². The Balaban J connectivity index is 3.05. The van der Waals surface area contributed by atoms with Crippen LogP contribution in [0.3, 0.4) is 0 Å². The summed E-state index contributed by atoms with van der Waals surface area (Å²) in [7, 11) is 1.01. The van der Waals surface area contributed by atoms with E-state index in [1.54, 1.807) is 18.2 Å². The van der Waals surface area contributed by atoms with E-state index in [2.05, 4.69) is 11.3 Å². The molecule has 1 aromatic rings. The van der Waals surface area contributed by atoms with Crippen molar-refractivity contribution in [1.82, 2.24) is 0 Å². The Morgan fingerprint density at radius 1 is 1.28 bits per heavy atom. The number of benzene rings is 1. The van der Waals surface area contributed by atoms with Gasteiger partial charge in [0.05, 0.1) is 13.1 Å². The van der Waals surface area contributed by atoms with Crippen molar-refractivity contribution in [3.63, 3.8) is 0 Å². The van der Waals surface area contributed by atoms with Crippen LogP contribution in [0.1, 0.15) is 15.9 Å². The number of ether oxygens (including phenoxy) is 1. The molecule has 18 heavy (non-hydrogen) atoms. The Kier molecular flexibility index (Phi) is 4.37. The lowest BCUT2D eigenvalue weighted by Crippen LogP contribution is -2.42. The molecule has 5 heteroatoms. The zero-order chi connectivity index (χ0) is 13.7. The van der Waals surface area contributed by atoms with E-state index in [1.807, 2.05) is 0 Å². The van der Waals surface area contributed by atoms with E-state index in [-0.39, 0.29) is 5.56 Å². The topological polar surface area (TPSA) is 83.5 Å². The third kappa shape index (κ3) is 2.82. The molecule has 0 aliphatic heterocycles. The first-order valence-electron chi connectivity index (χ1n) is 5.06. The highest BCUT2D eigenvalue weighted by atomic mass is 16.5. The zero-order valence-corrected chi connectivity index (χ0v) is 9.71. The Hall–Kier alpha value is -2.43. The first-order valence-corrected chi connectivity index (χ1v) is 5.06. The van der Waals surface area contributed by atoms with Gasteiger partial charge < -0.3 is 14.6 Å². The van der Waals surface area contributed by atoms with Crippen molar-refractivity contribution in [2.45, 2.75) is 0 Å². The molecule has 5 nitrogen and oxygen atoms in total. The van der Waals surface area contributed by atoms with E-state index >= 15 is 0 Å². The smallest absolute Gasteiger partial charge is 0.322 e. The van der Waals surface area contributed by atoms with Gasteiger partial charge in [-0.1, -0.05) is 36.9 Å². The number of esters is 1. The number of carbonyl (C=O) groups excluding carboxylic acids is 3. The maximum atomic E-state index is 11.8. The van der Waals surface area contributed by atoms with Gasteiger partial charge in [-0.2, -0.15) is 0 Å². The lowest BCUT2D eigenvalue weighted by atomic mass is 9.97. The number of aliphatic carboxylic acids is 1. The summed E-state index contributed by atoms with van der Waals surface area (Å²) in [5.41, 5.74) is 0.870. The molecule has 0 aliphatic carbocycles. The van der Waals surface area contributed by atoms with Gasteiger partial charge in [-0.15, -0.1) is 0 Å². The summed E-state index contributed by atoms with van der Waals surface area (Å²) < 4.78 is 4.26. The van der Waals surface area contributed by atoms with Crippen molar-refractivity contribution in [3.05, 3.63) is 42.0 Å². The summed E-state index contributed by atoms with van der Waals surface area (Å²) in [6, 6.07) is 6.00. The van der Waals surface area contributed by atoms with Gasteiger partial charge in [-0.3, -0.25) is 9.59 Å². The maximum Gasteiger partial charge on any atom is 0.322 e. The Labute approximate surface area is 104 Å². The van der Waals surface area contributed by atoms with Gasteiger partial charge in [0.15, 0.2) is 11.7 Å². The zero-order valence-electron chi connectivity index (χ0n) is 9.71. The van der Waals surface area contributed by atoms with Crippen LogP contribution in [0.15, 0.2) is 30.8 Å². The number of hydrogen-bond acceptors (Lipinski definition) is 5. The van der Waals surface area contributed by atoms with E-state index in [1.165, 1.54) is 12.1 Å². The molecule has 0 fully saturated rings. The lowest BCUT2D eigenvalue weighted by molar-refractivity contribution is -0.308. The van der Waals surface area contributed by atoms with Gasteiger partial charge in [-0.05, 0) is 5.56 Å². The standard InChI is InChI=1S/C13H12O5/c1-3-8-4-6-9(7-5-8)11(14)10(12(15)16)13(17)18-2/h3-7,10H,1H2,2H3,(H,15,16)/p-1. The monoisotopic (exact) mass is 247 g/mol. The number of carboxylic acids is 1. The van der Waals surface area contributed by atoms with Crippen LogP contribution in [0, 0.1) is 5.92 Å². The van der Waals surface area contributed by atoms with Crippen molar-refractivity contribution in [2.75, 3.05) is 7.11 Å². The number of hydrogen-bond donors (Lipinski definition) is 0. The molecule has 94 valence electrons. The van der Waals surface area contributed by atoms with Crippen molar-refractivity contribution < 1.29 is 24.2 Å². The summed E-state index contributed by atoms with van der Waals surface area (Å²) in [5, 5.41) is 10.8. The normalized spacial score (nSPS) is 11.4. The number of carbonyl (C=O) groups is 3. The van der Waals surface area contributed by atoms with Crippen molar-refractivity contribution in [3.8, 4) is 0 Å². The minimum absolute atomic E-state index is 0.0974. The number of ketones is 1. The predicted octanol–water partition coefficient (Wildman–Crippen LogP) is 0.0514. The maximum absolute atomic E-state index is 11.8. The molecule has 0 radical (unpaired) electrons. The predicted molar refractivity (Wildman–Crippen MR) is 61.4 cm³/mol. The molecule has 1 rings (SSSR count). The number of rotatable bonds is 5. The molecular formula is C13H11O5-. The van der Waals surface area contributed by atoms with Gasteiger partial charge in [0.25, 0.3) is 0 Å². The molecular weight excluding hydrogens is 236 g/mol. The molecule has 0 aliphatic rings. The van der Waals surface area contributed by atoms with Crippen LogP contribution < -0.4 is 5.11 Å². The molecule has 0 amide bonds. The summed E-state index contributed by atoms with van der Waals surface area (Å²) in [5.74, 6) is -5.73. The second-order valence-electron chi connectivity index (χ2n) is 3.47. The molecule has 0 bridgehead atoms. The fourth-order valence-corrected chi connectivity index (χ4v) is 1.38. The number of methoxy groups -OCH3 is 1. The Bertz CT molecular complexity index is 487. The first kappa shape index (κ1) is 13.6. The van der Waals surface area contributed by atoms with Gasteiger partial charge in [0.2, 0.25) is 0 Å². The fraction of sp³-hybridized carbons (Fsp3) is 0.154.